The van der Waals surface area contributed by atoms with Crippen LogP contribution in [0.1, 0.15) is 96.0 Å². The van der Waals surface area contributed by atoms with Gasteiger partial charge in [-0.3, -0.25) is 29.1 Å². The van der Waals surface area contributed by atoms with Gasteiger partial charge in [0.15, 0.2) is 0 Å². The first-order valence-electron chi connectivity index (χ1n) is 18.4. The minimum absolute atomic E-state index is 0.00677. The first kappa shape index (κ1) is 38.6. The summed E-state index contributed by atoms with van der Waals surface area (Å²) in [6, 6.07) is 5.97. The average Bonchev–Trinajstić information content (AvgIpc) is 3.92. The fourth-order valence-corrected chi connectivity index (χ4v) is 7.74. The highest BCUT2D eigenvalue weighted by Gasteiger charge is 2.36. The lowest BCUT2D eigenvalue weighted by atomic mass is 9.84. The van der Waals surface area contributed by atoms with E-state index in [1.807, 2.05) is 32.1 Å². The topological polar surface area (TPSA) is 176 Å². The van der Waals surface area contributed by atoms with Crippen LogP contribution in [0.5, 0.6) is 0 Å². The Morgan fingerprint density at radius 3 is 2.27 bits per heavy atom. The van der Waals surface area contributed by atoms with E-state index in [2.05, 4.69) is 41.8 Å². The van der Waals surface area contributed by atoms with E-state index < -0.39 is 23.7 Å². The molecular formula is C42H46N6O7. The van der Waals surface area contributed by atoms with Gasteiger partial charge >= 0.3 is 11.9 Å². The van der Waals surface area contributed by atoms with Crippen molar-refractivity contribution in [2.24, 2.45) is 0 Å². The summed E-state index contributed by atoms with van der Waals surface area (Å²) in [6.07, 6.45) is 5.12. The smallest absolute Gasteiger partial charge is 0.340 e. The lowest BCUT2D eigenvalue weighted by Gasteiger charge is -2.19. The lowest BCUT2D eigenvalue weighted by Crippen LogP contribution is -2.38. The Hall–Kier alpha value is -6.11. The van der Waals surface area contributed by atoms with Crippen molar-refractivity contribution in [2.75, 3.05) is 27.3 Å². The standard InChI is InChI=1S/C42H46N6O7/c1-9-25-21(3)29-18-31-23(5)27(11-14-38(52)54-7)40(46-31)28(17-35(49)43-15-16-48-36(50)12-13-37(48)51)41-39(42(53)55-8)24(6)32(47-41)20-34-26(10-2)22(4)30(45-34)19-33(25)44-29/h9,12-13,18-20,23,27,44-45H,1,10-11,14-17H2,2-8H3,(H,43,49)/t23-,27-/m0/s1. The van der Waals surface area contributed by atoms with Gasteiger partial charge in [0, 0.05) is 82.4 Å². The van der Waals surface area contributed by atoms with Crippen LogP contribution in [-0.4, -0.2) is 81.8 Å². The van der Waals surface area contributed by atoms with Gasteiger partial charge in [-0.25, -0.2) is 9.78 Å². The Bertz CT molecular complexity index is 2360. The molecule has 3 aliphatic heterocycles. The van der Waals surface area contributed by atoms with Gasteiger partial charge in [-0.05, 0) is 74.1 Å². The van der Waals surface area contributed by atoms with E-state index in [4.69, 9.17) is 19.4 Å². The van der Waals surface area contributed by atoms with Crippen molar-refractivity contribution >= 4 is 68.9 Å². The molecule has 3 aliphatic rings. The third-order valence-electron chi connectivity index (χ3n) is 10.9. The van der Waals surface area contributed by atoms with Crippen LogP contribution in [0.4, 0.5) is 0 Å². The molecule has 55 heavy (non-hydrogen) atoms. The number of aromatic amines is 2. The molecule has 8 bridgehead atoms. The second-order valence-electron chi connectivity index (χ2n) is 14.0. The Morgan fingerprint density at radius 2 is 1.62 bits per heavy atom. The van der Waals surface area contributed by atoms with Crippen LogP contribution < -0.4 is 5.32 Å². The summed E-state index contributed by atoms with van der Waals surface area (Å²) >= 11 is 0. The van der Waals surface area contributed by atoms with Crippen molar-refractivity contribution in [1.29, 1.82) is 0 Å². The third kappa shape index (κ3) is 7.26. The second-order valence-corrected chi connectivity index (χ2v) is 14.0. The minimum Gasteiger partial charge on any atom is -0.469 e. The molecule has 0 saturated heterocycles. The van der Waals surface area contributed by atoms with Crippen molar-refractivity contribution < 1.29 is 33.4 Å². The summed E-state index contributed by atoms with van der Waals surface area (Å²) < 4.78 is 10.3. The number of H-pyrrole nitrogens is 2. The molecule has 6 heterocycles. The monoisotopic (exact) mass is 746 g/mol. The minimum atomic E-state index is -0.624. The predicted octanol–water partition coefficient (Wildman–Crippen LogP) is 5.66. The number of imide groups is 1. The number of carbonyl (C=O) groups is 5. The number of aromatic nitrogens is 4. The predicted molar refractivity (Wildman–Crippen MR) is 209 cm³/mol. The van der Waals surface area contributed by atoms with Gasteiger partial charge in [0.05, 0.1) is 43.3 Å². The van der Waals surface area contributed by atoms with Crippen LogP contribution >= 0.6 is 0 Å². The molecule has 0 saturated carbocycles. The molecule has 6 rings (SSSR count). The van der Waals surface area contributed by atoms with Crippen LogP contribution in [0, 0.1) is 13.8 Å². The van der Waals surface area contributed by atoms with Crippen molar-refractivity contribution in [3.05, 3.63) is 87.5 Å². The largest absolute Gasteiger partial charge is 0.469 e. The highest BCUT2D eigenvalue weighted by atomic mass is 16.5. The number of hydrogen-bond acceptors (Lipinski definition) is 9. The summed E-state index contributed by atoms with van der Waals surface area (Å²) in [6.45, 7) is 14.1. The van der Waals surface area contributed by atoms with Crippen LogP contribution in [0.2, 0.25) is 0 Å². The molecule has 13 nitrogen and oxygen atoms in total. The maximum Gasteiger partial charge on any atom is 0.340 e. The molecule has 2 atom stereocenters. The van der Waals surface area contributed by atoms with Crippen LogP contribution in [0.25, 0.3) is 39.3 Å². The number of nitrogens with zero attached hydrogens (tertiary/aromatic N) is 3. The molecule has 3 amide bonds. The van der Waals surface area contributed by atoms with E-state index in [1.165, 1.54) is 26.4 Å². The molecule has 0 radical (unpaired) electrons. The number of ether oxygens (including phenoxy) is 2. The lowest BCUT2D eigenvalue weighted by molar-refractivity contribution is -0.141. The Balaban J connectivity index is 1.66. The Labute approximate surface area is 318 Å². The second kappa shape index (κ2) is 15.7. The molecule has 13 heteroatoms. The van der Waals surface area contributed by atoms with E-state index in [-0.39, 0.29) is 55.0 Å². The molecule has 0 fully saturated rings. The van der Waals surface area contributed by atoms with Gasteiger partial charge in [0.1, 0.15) is 0 Å². The molecule has 0 aliphatic carbocycles. The Morgan fingerprint density at radius 1 is 0.927 bits per heavy atom. The molecule has 286 valence electrons. The zero-order chi connectivity index (χ0) is 39.7. The molecule has 3 aromatic heterocycles. The van der Waals surface area contributed by atoms with Gasteiger partial charge in [-0.2, -0.15) is 0 Å². The summed E-state index contributed by atoms with van der Waals surface area (Å²) in [4.78, 5) is 82.8. The van der Waals surface area contributed by atoms with Crippen LogP contribution in [0.3, 0.4) is 0 Å². The number of amides is 3. The highest BCUT2D eigenvalue weighted by molar-refractivity contribution is 6.25. The van der Waals surface area contributed by atoms with E-state index in [1.54, 1.807) is 6.92 Å². The third-order valence-corrected chi connectivity index (χ3v) is 10.9. The number of allylic oxidation sites excluding steroid dienone is 1. The zero-order valence-electron chi connectivity index (χ0n) is 32.3. The number of esters is 2. The number of rotatable bonds is 11. The summed E-state index contributed by atoms with van der Waals surface area (Å²) in [5, 5.41) is 2.83. The van der Waals surface area contributed by atoms with Gasteiger partial charge in [0.25, 0.3) is 11.8 Å². The molecule has 0 aromatic carbocycles. The highest BCUT2D eigenvalue weighted by Crippen LogP contribution is 2.44. The normalized spacial score (nSPS) is 16.5. The van der Waals surface area contributed by atoms with Crippen molar-refractivity contribution in [1.82, 2.24) is 30.2 Å². The molecule has 3 N–H and O–H groups in total. The number of nitrogens with one attached hydrogen (secondary N) is 3. The fraction of sp³-hybridized carbons (Fsp3) is 0.357. The number of methoxy groups -OCH3 is 2. The van der Waals surface area contributed by atoms with Gasteiger partial charge in [-0.1, -0.05) is 26.5 Å². The molecule has 0 spiro atoms. The van der Waals surface area contributed by atoms with Crippen LogP contribution in [0.15, 0.2) is 36.9 Å². The van der Waals surface area contributed by atoms with Gasteiger partial charge in [0.2, 0.25) is 5.91 Å². The van der Waals surface area contributed by atoms with E-state index >= 15 is 0 Å². The van der Waals surface area contributed by atoms with Crippen molar-refractivity contribution in [3.63, 3.8) is 0 Å². The maximum atomic E-state index is 13.9. The van der Waals surface area contributed by atoms with Crippen LogP contribution in [-0.2, 0) is 46.3 Å². The van der Waals surface area contributed by atoms with Crippen molar-refractivity contribution in [2.45, 2.75) is 72.1 Å². The zero-order valence-corrected chi connectivity index (χ0v) is 32.3. The Kier molecular flexibility index (Phi) is 11.0. The number of fused-ring (bicyclic) bond motifs is 8. The maximum absolute atomic E-state index is 13.9. The fourth-order valence-electron chi connectivity index (χ4n) is 7.74. The SMILES string of the molecule is C=Cc1c(C)c2cc3nc(c(CC(=O)NCCN4C(=O)C=CC4=O)c4nc(cc5[nH]c(cc1[nH]2)c(C)c5CC)C(C)=C4C(=O)OC)[C@@H](CCC(=O)OC)[C@@H]3C. The average molecular weight is 747 g/mol. The number of aryl methyl sites for hydroxylation is 3. The summed E-state index contributed by atoms with van der Waals surface area (Å²) in [5.74, 6) is -2.94. The van der Waals surface area contributed by atoms with Gasteiger partial charge < -0.3 is 24.8 Å². The van der Waals surface area contributed by atoms with E-state index in [0.717, 1.165) is 55.6 Å². The quantitative estimate of drug-likeness (QED) is 0.165. The number of hydrogen-bond donors (Lipinski definition) is 3. The van der Waals surface area contributed by atoms with Crippen molar-refractivity contribution in [3.8, 4) is 0 Å². The van der Waals surface area contributed by atoms with E-state index in [9.17, 15) is 24.0 Å². The molecule has 0 unspecified atom stereocenters. The van der Waals surface area contributed by atoms with E-state index in [0.29, 0.717) is 34.6 Å². The summed E-state index contributed by atoms with van der Waals surface area (Å²) in [7, 11) is 2.63. The van der Waals surface area contributed by atoms with Gasteiger partial charge in [-0.15, -0.1) is 0 Å². The molecular weight excluding hydrogens is 700 g/mol. The summed E-state index contributed by atoms with van der Waals surface area (Å²) in [5.41, 5.74) is 10.7. The first-order chi connectivity index (χ1) is 26.3. The first-order valence-corrected chi connectivity index (χ1v) is 18.4. The molecule has 3 aromatic rings. The number of carbonyl (C=O) groups excluding carboxylic acids is 5.